The second-order valence-corrected chi connectivity index (χ2v) is 13.3. The molecule has 1 fully saturated rings. The second kappa shape index (κ2) is 18.7. The zero-order valence-electron chi connectivity index (χ0n) is 29.1. The molecule has 10 heteroatoms. The summed E-state index contributed by atoms with van der Waals surface area (Å²) in [7, 11) is 3.43. The highest BCUT2D eigenvalue weighted by molar-refractivity contribution is 5.82. The number of likely N-dealkylation sites (tertiary alicyclic amines) is 1. The van der Waals surface area contributed by atoms with Crippen LogP contribution in [0.1, 0.15) is 56.2 Å². The molecule has 2 aliphatic rings. The van der Waals surface area contributed by atoms with Gasteiger partial charge in [-0.25, -0.2) is 0 Å². The standard InChI is InChI=1S/C37H57N3O7/c1-6-27(3)36(38)37(42)40-19-31(21-41)35(30-11-8-28(9-12-30)24-45-23-26(2)22-44-5)34(20-40)47-25-29-10-13-33-32(18-29)39(15-17-46-33)14-7-16-43-4/h8-13,18,26-27,31,34-36,41H,6-7,14-17,19-25,38H2,1-5H3/t26-,27-,31-,34-,35-,36-/m0/s1. The molecule has 6 atom stereocenters. The number of methoxy groups -OCH3 is 2. The quantitative estimate of drug-likeness (QED) is 0.228. The number of anilines is 1. The molecule has 0 unspecified atom stereocenters. The molecule has 1 saturated heterocycles. The molecule has 10 nitrogen and oxygen atoms in total. The number of aliphatic hydroxyl groups excluding tert-OH is 1. The minimum atomic E-state index is -0.591. The van der Waals surface area contributed by atoms with Gasteiger partial charge in [0, 0.05) is 64.8 Å². The number of carbonyl (C=O) groups excluding carboxylic acids is 1. The Morgan fingerprint density at radius 3 is 2.51 bits per heavy atom. The van der Waals surface area contributed by atoms with Gasteiger partial charge < -0.3 is 44.3 Å². The van der Waals surface area contributed by atoms with E-state index in [9.17, 15) is 9.90 Å². The number of benzene rings is 2. The maximum atomic E-state index is 13.6. The molecule has 4 rings (SSSR count). The first kappa shape index (κ1) is 37.1. The summed E-state index contributed by atoms with van der Waals surface area (Å²) in [4.78, 5) is 17.7. The number of ether oxygens (including phenoxy) is 5. The number of rotatable bonds is 18. The fourth-order valence-electron chi connectivity index (χ4n) is 6.60. The summed E-state index contributed by atoms with van der Waals surface area (Å²) in [5.74, 6) is 0.868. The topological polar surface area (TPSA) is 116 Å². The third-order valence-corrected chi connectivity index (χ3v) is 9.56. The molecule has 3 N–H and O–H groups in total. The second-order valence-electron chi connectivity index (χ2n) is 13.3. The van der Waals surface area contributed by atoms with Crippen LogP contribution in [0.3, 0.4) is 0 Å². The van der Waals surface area contributed by atoms with Crippen LogP contribution < -0.4 is 15.4 Å². The molecule has 0 spiro atoms. The van der Waals surface area contributed by atoms with E-state index >= 15 is 0 Å². The van der Waals surface area contributed by atoms with Gasteiger partial charge in [0.15, 0.2) is 0 Å². The number of nitrogens with zero attached hydrogens (tertiary/aromatic N) is 2. The zero-order valence-corrected chi connectivity index (χ0v) is 29.1. The first-order chi connectivity index (χ1) is 22.8. The fraction of sp³-hybridized carbons (Fsp3) is 0.649. The highest BCUT2D eigenvalue weighted by Gasteiger charge is 2.41. The summed E-state index contributed by atoms with van der Waals surface area (Å²) in [6.07, 6.45) is 1.42. The lowest BCUT2D eigenvalue weighted by atomic mass is 9.78. The van der Waals surface area contributed by atoms with Crippen molar-refractivity contribution in [2.24, 2.45) is 23.5 Å². The molecule has 47 heavy (non-hydrogen) atoms. The van der Waals surface area contributed by atoms with Gasteiger partial charge in [0.2, 0.25) is 5.91 Å². The Labute approximate surface area is 281 Å². The van der Waals surface area contributed by atoms with Gasteiger partial charge in [0.05, 0.1) is 50.8 Å². The van der Waals surface area contributed by atoms with Crippen molar-refractivity contribution in [2.45, 2.75) is 64.9 Å². The van der Waals surface area contributed by atoms with E-state index in [-0.39, 0.29) is 36.4 Å². The first-order valence-corrected chi connectivity index (χ1v) is 17.2. The van der Waals surface area contributed by atoms with Gasteiger partial charge in [0.1, 0.15) is 12.4 Å². The van der Waals surface area contributed by atoms with E-state index in [4.69, 9.17) is 29.4 Å². The minimum absolute atomic E-state index is 0.0592. The van der Waals surface area contributed by atoms with Gasteiger partial charge >= 0.3 is 0 Å². The highest BCUT2D eigenvalue weighted by atomic mass is 16.5. The predicted molar refractivity (Wildman–Crippen MR) is 184 cm³/mol. The lowest BCUT2D eigenvalue weighted by Gasteiger charge is -2.44. The van der Waals surface area contributed by atoms with Crippen molar-refractivity contribution < 1.29 is 33.6 Å². The predicted octanol–water partition coefficient (Wildman–Crippen LogP) is 4.21. The molecule has 262 valence electrons. The zero-order chi connectivity index (χ0) is 33.8. The molecule has 0 bridgehead atoms. The van der Waals surface area contributed by atoms with Crippen molar-refractivity contribution >= 4 is 11.6 Å². The molecule has 1 amide bonds. The third-order valence-electron chi connectivity index (χ3n) is 9.56. The van der Waals surface area contributed by atoms with Crippen molar-refractivity contribution in [2.75, 3.05) is 78.3 Å². The molecule has 0 radical (unpaired) electrons. The van der Waals surface area contributed by atoms with E-state index in [2.05, 4.69) is 42.2 Å². The largest absolute Gasteiger partial charge is 0.490 e. The molecule has 2 aliphatic heterocycles. The lowest BCUT2D eigenvalue weighted by Crippen LogP contribution is -2.56. The van der Waals surface area contributed by atoms with Crippen molar-refractivity contribution in [3.63, 3.8) is 0 Å². The number of amides is 1. The van der Waals surface area contributed by atoms with Gasteiger partial charge in [-0.15, -0.1) is 0 Å². The SMILES string of the molecule is CC[C@H](C)[C@H](N)C(=O)N1C[C@@H](CO)[C@H](c2ccc(COC[C@@H](C)COC)cc2)[C@@H](OCc2ccc3c(c2)N(CCCOC)CCO3)C1. The van der Waals surface area contributed by atoms with E-state index in [1.165, 1.54) is 0 Å². The van der Waals surface area contributed by atoms with Gasteiger partial charge in [-0.05, 0) is 41.2 Å². The molecule has 0 saturated carbocycles. The van der Waals surface area contributed by atoms with Crippen LogP contribution in [0.15, 0.2) is 42.5 Å². The molecule has 0 aromatic heterocycles. The molecule has 0 aliphatic carbocycles. The first-order valence-electron chi connectivity index (χ1n) is 17.2. The Morgan fingerprint density at radius 2 is 1.81 bits per heavy atom. The fourth-order valence-corrected chi connectivity index (χ4v) is 6.60. The summed E-state index contributed by atoms with van der Waals surface area (Å²) in [5, 5.41) is 10.7. The maximum Gasteiger partial charge on any atom is 0.239 e. The maximum absolute atomic E-state index is 13.6. The van der Waals surface area contributed by atoms with Crippen molar-refractivity contribution in [1.82, 2.24) is 4.90 Å². The summed E-state index contributed by atoms with van der Waals surface area (Å²) in [6, 6.07) is 14.0. The Balaban J connectivity index is 1.53. The van der Waals surface area contributed by atoms with Gasteiger partial charge in [-0.2, -0.15) is 0 Å². The van der Waals surface area contributed by atoms with Gasteiger partial charge in [-0.3, -0.25) is 4.79 Å². The van der Waals surface area contributed by atoms with Crippen molar-refractivity contribution in [3.8, 4) is 5.75 Å². The third kappa shape index (κ3) is 10.1. The average Bonchev–Trinajstić information content (AvgIpc) is 3.10. The molecular weight excluding hydrogens is 598 g/mol. The van der Waals surface area contributed by atoms with E-state index in [0.717, 1.165) is 54.1 Å². The van der Waals surface area contributed by atoms with Crippen molar-refractivity contribution in [3.05, 3.63) is 59.2 Å². The highest BCUT2D eigenvalue weighted by Crippen LogP contribution is 2.37. The van der Waals surface area contributed by atoms with Gasteiger partial charge in [0.25, 0.3) is 0 Å². The Hall–Kier alpha value is -2.73. The number of fused-ring (bicyclic) bond motifs is 1. The normalized spacial score (nSPS) is 21.6. The van der Waals surface area contributed by atoms with Gasteiger partial charge in [-0.1, -0.05) is 57.5 Å². The number of piperidine rings is 1. The van der Waals surface area contributed by atoms with Crippen LogP contribution in [0.5, 0.6) is 5.75 Å². The molecule has 2 aromatic carbocycles. The Bertz CT molecular complexity index is 1230. The summed E-state index contributed by atoms with van der Waals surface area (Å²) in [6.45, 7) is 12.2. The van der Waals surface area contributed by atoms with Crippen LogP contribution in [0, 0.1) is 17.8 Å². The number of hydrogen-bond donors (Lipinski definition) is 2. The monoisotopic (exact) mass is 655 g/mol. The van der Waals surface area contributed by atoms with Crippen LogP contribution in [-0.2, 0) is 37.0 Å². The van der Waals surface area contributed by atoms with Crippen molar-refractivity contribution in [1.29, 1.82) is 0 Å². The van der Waals surface area contributed by atoms with Crippen LogP contribution in [0.25, 0.3) is 0 Å². The lowest BCUT2D eigenvalue weighted by molar-refractivity contribution is -0.142. The minimum Gasteiger partial charge on any atom is -0.490 e. The van der Waals surface area contributed by atoms with E-state index in [1.54, 1.807) is 19.1 Å². The molecule has 2 aromatic rings. The van der Waals surface area contributed by atoms with Crippen LogP contribution in [0.2, 0.25) is 0 Å². The Kier molecular flexibility index (Phi) is 14.8. The number of nitrogens with two attached hydrogens (primary N) is 1. The van der Waals surface area contributed by atoms with E-state index < -0.39 is 6.04 Å². The van der Waals surface area contributed by atoms with Crippen LogP contribution in [-0.4, -0.2) is 101 Å². The smallest absolute Gasteiger partial charge is 0.239 e. The van der Waals surface area contributed by atoms with Crippen LogP contribution in [0.4, 0.5) is 5.69 Å². The average molecular weight is 656 g/mol. The van der Waals surface area contributed by atoms with E-state index in [0.29, 0.717) is 58.6 Å². The number of hydrogen-bond acceptors (Lipinski definition) is 9. The summed E-state index contributed by atoms with van der Waals surface area (Å²) in [5.41, 5.74) is 10.7. The van der Waals surface area contributed by atoms with E-state index in [1.807, 2.05) is 26.0 Å². The molecular formula is C37H57N3O7. The van der Waals surface area contributed by atoms with Crippen LogP contribution >= 0.6 is 0 Å². The number of aliphatic hydroxyl groups is 1. The summed E-state index contributed by atoms with van der Waals surface area (Å²) < 4.78 is 29.1. The molecule has 2 heterocycles. The Morgan fingerprint density at radius 1 is 1.04 bits per heavy atom. The summed E-state index contributed by atoms with van der Waals surface area (Å²) >= 11 is 0. The number of carbonyl (C=O) groups is 1.